The van der Waals surface area contributed by atoms with Gasteiger partial charge in [-0.25, -0.2) is 0 Å². The van der Waals surface area contributed by atoms with Gasteiger partial charge in [0.2, 0.25) is 5.78 Å². The number of fused-ring (bicyclic) bond motifs is 1. The van der Waals surface area contributed by atoms with E-state index in [1.807, 2.05) is 6.08 Å². The first kappa shape index (κ1) is 5.41. The summed E-state index contributed by atoms with van der Waals surface area (Å²) in [5, 5.41) is 3.84. The zero-order valence-corrected chi connectivity index (χ0v) is 5.29. The van der Waals surface area contributed by atoms with Crippen LogP contribution < -0.4 is 5.43 Å². The third kappa shape index (κ3) is 0.603. The monoisotopic (exact) mass is 134 g/mol. The second-order valence-corrected chi connectivity index (χ2v) is 2.21. The summed E-state index contributed by atoms with van der Waals surface area (Å²) in [4.78, 5) is 11.0. The molecular formula is C7H6N2O. The number of hydrogen-bond donors (Lipinski definition) is 1. The van der Waals surface area contributed by atoms with Crippen LogP contribution in [0.3, 0.4) is 0 Å². The molecular weight excluding hydrogens is 128 g/mol. The number of nitrogens with one attached hydrogen (secondary N) is 1. The molecule has 0 radical (unpaired) electrons. The molecule has 0 fully saturated rings. The average Bonchev–Trinajstić information content (AvgIpc) is 2.36. The Morgan fingerprint density at radius 2 is 2.50 bits per heavy atom. The Morgan fingerprint density at radius 3 is 3.30 bits per heavy atom. The van der Waals surface area contributed by atoms with Crippen molar-refractivity contribution in [2.24, 2.45) is 5.10 Å². The number of ketones is 1. The minimum absolute atomic E-state index is 0.00231. The Balaban J connectivity index is 2.48. The standard InChI is InChI=1S/C7H6N2O/c10-6-3-1-2-5-4-8-9-7(5)6/h1-3,8H,4H2. The molecule has 0 atom stereocenters. The molecule has 0 saturated heterocycles. The minimum atomic E-state index is 0.00231. The molecule has 1 heterocycles. The van der Waals surface area contributed by atoms with Gasteiger partial charge >= 0.3 is 0 Å². The van der Waals surface area contributed by atoms with Crippen molar-refractivity contribution < 1.29 is 4.79 Å². The molecule has 0 aromatic carbocycles. The van der Waals surface area contributed by atoms with Crippen LogP contribution in [0.1, 0.15) is 0 Å². The van der Waals surface area contributed by atoms with Gasteiger partial charge < -0.3 is 5.43 Å². The largest absolute Gasteiger partial charge is 0.305 e. The molecule has 1 N–H and O–H groups in total. The molecule has 0 amide bonds. The predicted molar refractivity (Wildman–Crippen MR) is 37.7 cm³/mol. The van der Waals surface area contributed by atoms with Crippen LogP contribution >= 0.6 is 0 Å². The average molecular weight is 134 g/mol. The normalized spacial score (nSPS) is 21.4. The van der Waals surface area contributed by atoms with Crippen LogP contribution in [0.25, 0.3) is 0 Å². The fourth-order valence-electron chi connectivity index (χ4n) is 1.04. The number of hydrogen-bond acceptors (Lipinski definition) is 3. The maximum absolute atomic E-state index is 11.0. The van der Waals surface area contributed by atoms with Crippen LogP contribution in [0, 0.1) is 0 Å². The lowest BCUT2D eigenvalue weighted by atomic mass is 10.0. The van der Waals surface area contributed by atoms with E-state index in [0.717, 1.165) is 5.57 Å². The third-order valence-electron chi connectivity index (χ3n) is 1.54. The van der Waals surface area contributed by atoms with E-state index < -0.39 is 0 Å². The number of carbonyl (C=O) groups is 1. The molecule has 0 bridgehead atoms. The highest BCUT2D eigenvalue weighted by molar-refractivity contribution is 6.51. The molecule has 3 heteroatoms. The fourth-order valence-corrected chi connectivity index (χ4v) is 1.04. The van der Waals surface area contributed by atoms with E-state index in [1.54, 1.807) is 6.08 Å². The van der Waals surface area contributed by atoms with Crippen LogP contribution in [0.5, 0.6) is 0 Å². The van der Waals surface area contributed by atoms with Crippen LogP contribution in [0.15, 0.2) is 28.9 Å². The Kier molecular flexibility index (Phi) is 0.974. The molecule has 0 spiro atoms. The number of carbonyl (C=O) groups excluding carboxylic acids is 1. The van der Waals surface area contributed by atoms with Crippen molar-refractivity contribution in [2.45, 2.75) is 0 Å². The van der Waals surface area contributed by atoms with Crippen molar-refractivity contribution in [3.63, 3.8) is 0 Å². The molecule has 1 aliphatic heterocycles. The number of nitrogens with zero attached hydrogens (tertiary/aromatic N) is 1. The van der Waals surface area contributed by atoms with Gasteiger partial charge in [0, 0.05) is 5.57 Å². The highest BCUT2D eigenvalue weighted by atomic mass is 16.1. The molecule has 1 aliphatic carbocycles. The maximum Gasteiger partial charge on any atom is 0.206 e. The number of rotatable bonds is 0. The lowest BCUT2D eigenvalue weighted by Gasteiger charge is -1.99. The zero-order valence-electron chi connectivity index (χ0n) is 5.29. The van der Waals surface area contributed by atoms with Crippen molar-refractivity contribution in [3.8, 4) is 0 Å². The maximum atomic E-state index is 11.0. The molecule has 10 heavy (non-hydrogen) atoms. The summed E-state index contributed by atoms with van der Waals surface area (Å²) >= 11 is 0. The van der Waals surface area contributed by atoms with Gasteiger partial charge in [0.1, 0.15) is 5.71 Å². The Labute approximate surface area is 58.1 Å². The summed E-state index contributed by atoms with van der Waals surface area (Å²) in [6, 6.07) is 0. The molecule has 2 aliphatic rings. The predicted octanol–water partition coefficient (Wildman–Crippen LogP) is 0.0109. The third-order valence-corrected chi connectivity index (χ3v) is 1.54. The Bertz CT molecular complexity index is 273. The number of allylic oxidation sites excluding steroid dienone is 3. The van der Waals surface area contributed by atoms with Gasteiger partial charge in [0.05, 0.1) is 6.54 Å². The van der Waals surface area contributed by atoms with E-state index in [2.05, 4.69) is 10.5 Å². The highest BCUT2D eigenvalue weighted by Gasteiger charge is 2.20. The van der Waals surface area contributed by atoms with Crippen molar-refractivity contribution in [3.05, 3.63) is 23.8 Å². The second-order valence-electron chi connectivity index (χ2n) is 2.21. The van der Waals surface area contributed by atoms with Crippen LogP contribution in [0.2, 0.25) is 0 Å². The molecule has 0 unspecified atom stereocenters. The summed E-state index contributed by atoms with van der Waals surface area (Å²) in [6.45, 7) is 0.686. The van der Waals surface area contributed by atoms with Crippen LogP contribution in [-0.4, -0.2) is 18.0 Å². The molecule has 50 valence electrons. The van der Waals surface area contributed by atoms with Crippen molar-refractivity contribution >= 4 is 11.5 Å². The first-order valence-corrected chi connectivity index (χ1v) is 3.10. The smallest absolute Gasteiger partial charge is 0.206 e. The molecule has 0 aromatic heterocycles. The molecule has 0 aromatic rings. The van der Waals surface area contributed by atoms with E-state index in [9.17, 15) is 4.79 Å². The Morgan fingerprint density at radius 1 is 1.60 bits per heavy atom. The lowest BCUT2D eigenvalue weighted by molar-refractivity contribution is -0.108. The SMILES string of the molecule is O=C1C=CC=C2CNN=C12. The topological polar surface area (TPSA) is 41.5 Å². The van der Waals surface area contributed by atoms with Gasteiger partial charge in [-0.1, -0.05) is 12.2 Å². The quantitative estimate of drug-likeness (QED) is 0.474. The zero-order chi connectivity index (χ0) is 6.97. The van der Waals surface area contributed by atoms with Crippen molar-refractivity contribution in [1.29, 1.82) is 0 Å². The summed E-state index contributed by atoms with van der Waals surface area (Å²) in [5.41, 5.74) is 4.32. The van der Waals surface area contributed by atoms with E-state index >= 15 is 0 Å². The van der Waals surface area contributed by atoms with E-state index in [1.165, 1.54) is 6.08 Å². The van der Waals surface area contributed by atoms with E-state index in [0.29, 0.717) is 12.3 Å². The van der Waals surface area contributed by atoms with Gasteiger partial charge in [0.25, 0.3) is 0 Å². The van der Waals surface area contributed by atoms with Gasteiger partial charge in [0.15, 0.2) is 0 Å². The molecule has 2 rings (SSSR count). The van der Waals surface area contributed by atoms with Gasteiger partial charge in [-0.15, -0.1) is 0 Å². The molecule has 0 saturated carbocycles. The van der Waals surface area contributed by atoms with E-state index in [-0.39, 0.29) is 5.78 Å². The first-order valence-electron chi connectivity index (χ1n) is 3.10. The van der Waals surface area contributed by atoms with Gasteiger partial charge in [-0.05, 0) is 6.08 Å². The Hall–Kier alpha value is -1.38. The lowest BCUT2D eigenvalue weighted by Crippen LogP contribution is -2.14. The summed E-state index contributed by atoms with van der Waals surface area (Å²) in [6.07, 6.45) is 5.18. The van der Waals surface area contributed by atoms with Crippen molar-refractivity contribution in [2.75, 3.05) is 6.54 Å². The van der Waals surface area contributed by atoms with Crippen molar-refractivity contribution in [1.82, 2.24) is 5.43 Å². The number of hydrazone groups is 1. The fraction of sp³-hybridized carbons (Fsp3) is 0.143. The van der Waals surface area contributed by atoms with E-state index in [4.69, 9.17) is 0 Å². The molecule has 3 nitrogen and oxygen atoms in total. The summed E-state index contributed by atoms with van der Waals surface area (Å²) in [5.74, 6) is 0.00231. The minimum Gasteiger partial charge on any atom is -0.305 e. The van der Waals surface area contributed by atoms with Crippen LogP contribution in [0.4, 0.5) is 0 Å². The second kappa shape index (κ2) is 1.80. The summed E-state index contributed by atoms with van der Waals surface area (Å²) < 4.78 is 0. The highest BCUT2D eigenvalue weighted by Crippen LogP contribution is 2.09. The van der Waals surface area contributed by atoms with Gasteiger partial charge in [-0.2, -0.15) is 5.10 Å². The van der Waals surface area contributed by atoms with Crippen LogP contribution in [-0.2, 0) is 4.79 Å². The summed E-state index contributed by atoms with van der Waals surface area (Å²) in [7, 11) is 0. The first-order chi connectivity index (χ1) is 4.88. The van der Waals surface area contributed by atoms with Gasteiger partial charge in [-0.3, -0.25) is 4.79 Å².